The number of amides is 2. The molecular weight excluding hydrogens is 272 g/mol. The smallest absolute Gasteiger partial charge is 0.329 e. The third-order valence-electron chi connectivity index (χ3n) is 2.92. The third kappa shape index (κ3) is 5.83. The highest BCUT2D eigenvalue weighted by Gasteiger charge is 2.11. The first kappa shape index (κ1) is 17.0. The summed E-state index contributed by atoms with van der Waals surface area (Å²) in [7, 11) is 0. The number of aryl methyl sites for hydroxylation is 1. The van der Waals surface area contributed by atoms with Crippen molar-refractivity contribution in [1.29, 1.82) is 0 Å². The van der Waals surface area contributed by atoms with Crippen LogP contribution in [-0.4, -0.2) is 36.9 Å². The van der Waals surface area contributed by atoms with E-state index in [4.69, 9.17) is 9.84 Å². The first-order chi connectivity index (χ1) is 9.91. The van der Waals surface area contributed by atoms with Gasteiger partial charge in [0.15, 0.2) is 0 Å². The second-order valence-corrected chi connectivity index (χ2v) is 5.02. The lowest BCUT2D eigenvalue weighted by atomic mass is 9.98. The van der Waals surface area contributed by atoms with Gasteiger partial charge in [0.2, 0.25) is 0 Å². The second kappa shape index (κ2) is 8.26. The Kier molecular flexibility index (Phi) is 6.68. The maximum absolute atomic E-state index is 11.8. The van der Waals surface area contributed by atoms with Crippen molar-refractivity contribution in [2.24, 2.45) is 0 Å². The summed E-state index contributed by atoms with van der Waals surface area (Å²) in [5.74, 6) is -0.722. The van der Waals surface area contributed by atoms with Gasteiger partial charge in [0.05, 0.1) is 6.61 Å². The van der Waals surface area contributed by atoms with Gasteiger partial charge in [-0.15, -0.1) is 0 Å². The molecule has 1 aromatic rings. The zero-order chi connectivity index (χ0) is 15.8. The fraction of sp³-hybridized carbons (Fsp3) is 0.467. The molecule has 0 aliphatic heterocycles. The summed E-state index contributed by atoms with van der Waals surface area (Å²) in [5, 5.41) is 13.9. The van der Waals surface area contributed by atoms with Crippen molar-refractivity contribution in [2.45, 2.75) is 26.7 Å². The van der Waals surface area contributed by atoms with Crippen LogP contribution in [0.5, 0.6) is 0 Å². The maximum Gasteiger partial charge on any atom is 0.329 e. The number of aliphatic carboxylic acids is 1. The Hall–Kier alpha value is -2.08. The molecule has 0 saturated heterocycles. The Labute approximate surface area is 124 Å². The summed E-state index contributed by atoms with van der Waals surface area (Å²) in [6.45, 7) is 6.12. The lowest BCUT2D eigenvalue weighted by Gasteiger charge is -2.16. The van der Waals surface area contributed by atoms with Gasteiger partial charge < -0.3 is 20.5 Å². The average molecular weight is 294 g/mol. The normalized spacial score (nSPS) is 10.5. The molecule has 3 N–H and O–H groups in total. The fourth-order valence-electron chi connectivity index (χ4n) is 1.90. The van der Waals surface area contributed by atoms with Crippen LogP contribution in [0.1, 0.15) is 30.9 Å². The number of carboxylic acids is 1. The van der Waals surface area contributed by atoms with Crippen LogP contribution >= 0.6 is 0 Å². The van der Waals surface area contributed by atoms with Gasteiger partial charge in [0.1, 0.15) is 6.61 Å². The molecule has 0 radical (unpaired) electrons. The van der Waals surface area contributed by atoms with E-state index in [0.29, 0.717) is 5.92 Å². The number of carbonyl (C=O) groups excluding carboxylic acids is 1. The minimum absolute atomic E-state index is 0.157. The monoisotopic (exact) mass is 294 g/mol. The molecule has 116 valence electrons. The Morgan fingerprint density at radius 3 is 2.67 bits per heavy atom. The molecule has 0 fully saturated rings. The van der Waals surface area contributed by atoms with Crippen molar-refractivity contribution in [2.75, 3.05) is 25.1 Å². The summed E-state index contributed by atoms with van der Waals surface area (Å²) >= 11 is 0. The molecule has 1 aromatic carbocycles. The SMILES string of the molecule is Cc1cccc(C(C)C)c1NC(=O)NCCOCC(=O)O. The standard InChI is InChI=1S/C15H22N2O4/c1-10(2)12-6-4-5-11(3)14(12)17-15(20)16-7-8-21-9-13(18)19/h4-6,10H,7-9H2,1-3H3,(H,18,19)(H2,16,17,20). The van der Waals surface area contributed by atoms with E-state index < -0.39 is 5.97 Å². The Morgan fingerprint density at radius 2 is 2.05 bits per heavy atom. The highest BCUT2D eigenvalue weighted by atomic mass is 16.5. The van der Waals surface area contributed by atoms with Crippen molar-refractivity contribution >= 4 is 17.7 Å². The number of rotatable bonds is 7. The molecule has 0 atom stereocenters. The predicted octanol–water partition coefficient (Wildman–Crippen LogP) is 2.34. The van der Waals surface area contributed by atoms with E-state index in [0.717, 1.165) is 16.8 Å². The summed E-state index contributed by atoms with van der Waals surface area (Å²) < 4.78 is 4.84. The number of benzene rings is 1. The zero-order valence-corrected chi connectivity index (χ0v) is 12.6. The molecule has 6 heteroatoms. The molecule has 0 unspecified atom stereocenters. The van der Waals surface area contributed by atoms with Gasteiger partial charge in [-0.3, -0.25) is 0 Å². The van der Waals surface area contributed by atoms with Gasteiger partial charge in [-0.2, -0.15) is 0 Å². The lowest BCUT2D eigenvalue weighted by molar-refractivity contribution is -0.142. The Balaban J connectivity index is 2.50. The molecule has 2 amide bonds. The van der Waals surface area contributed by atoms with Crippen LogP contribution in [0.25, 0.3) is 0 Å². The minimum Gasteiger partial charge on any atom is -0.480 e. The Bertz CT molecular complexity index is 500. The molecular formula is C15H22N2O4. The van der Waals surface area contributed by atoms with Gasteiger partial charge in [-0.1, -0.05) is 32.0 Å². The molecule has 6 nitrogen and oxygen atoms in total. The first-order valence-corrected chi connectivity index (χ1v) is 6.85. The predicted molar refractivity (Wildman–Crippen MR) is 80.7 cm³/mol. The molecule has 0 aliphatic carbocycles. The molecule has 0 aromatic heterocycles. The summed E-state index contributed by atoms with van der Waals surface area (Å²) in [6.07, 6.45) is 0. The van der Waals surface area contributed by atoms with Gasteiger partial charge in [0.25, 0.3) is 0 Å². The number of hydrogen-bond acceptors (Lipinski definition) is 3. The second-order valence-electron chi connectivity index (χ2n) is 5.02. The fourth-order valence-corrected chi connectivity index (χ4v) is 1.90. The van der Waals surface area contributed by atoms with Crippen LogP contribution in [-0.2, 0) is 9.53 Å². The van der Waals surface area contributed by atoms with Crippen molar-refractivity contribution in [3.63, 3.8) is 0 Å². The van der Waals surface area contributed by atoms with E-state index in [1.165, 1.54) is 0 Å². The molecule has 1 rings (SSSR count). The molecule has 0 heterocycles. The molecule has 0 aliphatic rings. The number of nitrogens with one attached hydrogen (secondary N) is 2. The molecule has 21 heavy (non-hydrogen) atoms. The average Bonchev–Trinajstić information content (AvgIpc) is 2.40. The molecule has 0 saturated carbocycles. The van der Waals surface area contributed by atoms with Crippen LogP contribution in [0.3, 0.4) is 0 Å². The number of carboxylic acid groups (broad SMARTS) is 1. The Morgan fingerprint density at radius 1 is 1.33 bits per heavy atom. The van der Waals surface area contributed by atoms with E-state index >= 15 is 0 Å². The van der Waals surface area contributed by atoms with Gasteiger partial charge >= 0.3 is 12.0 Å². The van der Waals surface area contributed by atoms with Crippen molar-refractivity contribution in [3.8, 4) is 0 Å². The maximum atomic E-state index is 11.8. The summed E-state index contributed by atoms with van der Waals surface area (Å²) in [6, 6.07) is 5.57. The van der Waals surface area contributed by atoms with Crippen molar-refractivity contribution < 1.29 is 19.4 Å². The molecule has 0 bridgehead atoms. The topological polar surface area (TPSA) is 87.7 Å². The summed E-state index contributed by atoms with van der Waals surface area (Å²) in [4.78, 5) is 22.1. The number of urea groups is 1. The summed E-state index contributed by atoms with van der Waals surface area (Å²) in [5.41, 5.74) is 2.89. The van der Waals surface area contributed by atoms with Crippen LogP contribution in [0.4, 0.5) is 10.5 Å². The van der Waals surface area contributed by atoms with Crippen LogP contribution in [0.15, 0.2) is 18.2 Å². The van der Waals surface area contributed by atoms with E-state index in [9.17, 15) is 9.59 Å². The highest BCUT2D eigenvalue weighted by molar-refractivity contribution is 5.91. The number of para-hydroxylation sites is 1. The lowest BCUT2D eigenvalue weighted by Crippen LogP contribution is -2.32. The third-order valence-corrected chi connectivity index (χ3v) is 2.92. The van der Waals surface area contributed by atoms with E-state index in [2.05, 4.69) is 24.5 Å². The van der Waals surface area contributed by atoms with Crippen LogP contribution in [0.2, 0.25) is 0 Å². The van der Waals surface area contributed by atoms with Crippen molar-refractivity contribution in [3.05, 3.63) is 29.3 Å². The van der Waals surface area contributed by atoms with Crippen LogP contribution < -0.4 is 10.6 Å². The highest BCUT2D eigenvalue weighted by Crippen LogP contribution is 2.27. The number of hydrogen-bond donors (Lipinski definition) is 3. The quantitative estimate of drug-likeness (QED) is 0.674. The zero-order valence-electron chi connectivity index (χ0n) is 12.6. The van der Waals surface area contributed by atoms with Gasteiger partial charge in [0, 0.05) is 12.2 Å². The number of carbonyl (C=O) groups is 2. The van der Waals surface area contributed by atoms with Crippen LogP contribution in [0, 0.1) is 6.92 Å². The van der Waals surface area contributed by atoms with E-state index in [1.807, 2.05) is 25.1 Å². The van der Waals surface area contributed by atoms with E-state index in [1.54, 1.807) is 0 Å². The number of anilines is 1. The minimum atomic E-state index is -1.03. The van der Waals surface area contributed by atoms with Gasteiger partial charge in [-0.05, 0) is 24.0 Å². The van der Waals surface area contributed by atoms with E-state index in [-0.39, 0.29) is 25.8 Å². The number of ether oxygens (including phenoxy) is 1. The molecule has 0 spiro atoms. The largest absolute Gasteiger partial charge is 0.480 e. The van der Waals surface area contributed by atoms with Gasteiger partial charge in [-0.25, -0.2) is 9.59 Å². The first-order valence-electron chi connectivity index (χ1n) is 6.85. The van der Waals surface area contributed by atoms with Crippen molar-refractivity contribution in [1.82, 2.24) is 5.32 Å².